The first kappa shape index (κ1) is 17.0. The zero-order valence-electron chi connectivity index (χ0n) is 14.4. The van der Waals surface area contributed by atoms with Crippen LogP contribution in [0.5, 0.6) is 5.75 Å². The molecule has 2 atom stereocenters. The molecule has 3 rings (SSSR count). The van der Waals surface area contributed by atoms with Gasteiger partial charge in [0.05, 0.1) is 13.7 Å². The molecule has 2 fully saturated rings. The number of hydrogen-bond acceptors (Lipinski definition) is 4. The van der Waals surface area contributed by atoms with E-state index >= 15 is 0 Å². The molecule has 0 aromatic heterocycles. The van der Waals surface area contributed by atoms with Crippen molar-refractivity contribution < 1.29 is 14.3 Å². The Bertz CT molecular complexity index is 565. The Morgan fingerprint density at radius 3 is 2.75 bits per heavy atom. The standard InChI is InChI=1S/C20H27NO3/c1-23-18-10-7-16(8-11-18)9-12-20(22)24-15-17-5-4-14-21-13-3-2-6-19(17)21/h7-12,17,19H,2-6,13-15H2,1H3/t17-,19-/m1/s1. The number of hydrogen-bond donors (Lipinski definition) is 0. The molecule has 1 aromatic rings. The summed E-state index contributed by atoms with van der Waals surface area (Å²) in [5.41, 5.74) is 0.962. The second kappa shape index (κ2) is 8.34. The van der Waals surface area contributed by atoms with E-state index in [0.717, 1.165) is 11.3 Å². The van der Waals surface area contributed by atoms with Gasteiger partial charge in [0.15, 0.2) is 0 Å². The molecule has 24 heavy (non-hydrogen) atoms. The monoisotopic (exact) mass is 329 g/mol. The molecule has 0 unspecified atom stereocenters. The van der Waals surface area contributed by atoms with E-state index < -0.39 is 0 Å². The first-order valence-corrected chi connectivity index (χ1v) is 8.99. The van der Waals surface area contributed by atoms with Crippen molar-refractivity contribution in [2.45, 2.75) is 38.1 Å². The fourth-order valence-corrected chi connectivity index (χ4v) is 3.89. The molecule has 0 N–H and O–H groups in total. The Hall–Kier alpha value is -1.81. The lowest BCUT2D eigenvalue weighted by molar-refractivity contribution is -0.140. The maximum Gasteiger partial charge on any atom is 0.330 e. The predicted octanol–water partition coefficient (Wildman–Crippen LogP) is 3.52. The average Bonchev–Trinajstić information content (AvgIpc) is 2.65. The molecular weight excluding hydrogens is 302 g/mol. The number of ether oxygens (including phenoxy) is 2. The van der Waals surface area contributed by atoms with Crippen molar-refractivity contribution in [3.05, 3.63) is 35.9 Å². The predicted molar refractivity (Wildman–Crippen MR) is 94.9 cm³/mol. The van der Waals surface area contributed by atoms with E-state index in [2.05, 4.69) is 4.90 Å². The maximum atomic E-state index is 12.0. The molecule has 0 radical (unpaired) electrons. The first-order valence-electron chi connectivity index (χ1n) is 8.99. The number of fused-ring (bicyclic) bond motifs is 1. The van der Waals surface area contributed by atoms with E-state index in [-0.39, 0.29) is 5.97 Å². The summed E-state index contributed by atoms with van der Waals surface area (Å²) in [7, 11) is 1.64. The van der Waals surface area contributed by atoms with Crippen LogP contribution in [0, 0.1) is 5.92 Å². The zero-order valence-corrected chi connectivity index (χ0v) is 14.4. The number of nitrogens with zero attached hydrogens (tertiary/aromatic N) is 1. The van der Waals surface area contributed by atoms with Crippen LogP contribution in [0.2, 0.25) is 0 Å². The summed E-state index contributed by atoms with van der Waals surface area (Å²) >= 11 is 0. The van der Waals surface area contributed by atoms with Gasteiger partial charge in [0.25, 0.3) is 0 Å². The van der Waals surface area contributed by atoms with Gasteiger partial charge in [-0.05, 0) is 62.5 Å². The number of carbonyl (C=O) groups excluding carboxylic acids is 1. The van der Waals surface area contributed by atoms with Crippen LogP contribution in [0.25, 0.3) is 6.08 Å². The van der Waals surface area contributed by atoms with Gasteiger partial charge in [-0.3, -0.25) is 4.90 Å². The number of methoxy groups -OCH3 is 1. The van der Waals surface area contributed by atoms with Gasteiger partial charge in [0, 0.05) is 18.0 Å². The van der Waals surface area contributed by atoms with Gasteiger partial charge in [-0.1, -0.05) is 18.6 Å². The lowest BCUT2D eigenvalue weighted by atomic mass is 9.84. The molecular formula is C20H27NO3. The molecule has 0 aliphatic carbocycles. The van der Waals surface area contributed by atoms with Crippen molar-refractivity contribution in [3.63, 3.8) is 0 Å². The summed E-state index contributed by atoms with van der Waals surface area (Å²) in [6.07, 6.45) is 9.58. The van der Waals surface area contributed by atoms with Crippen molar-refractivity contribution in [2.75, 3.05) is 26.8 Å². The highest BCUT2D eigenvalue weighted by molar-refractivity contribution is 5.87. The van der Waals surface area contributed by atoms with E-state index in [9.17, 15) is 4.79 Å². The smallest absolute Gasteiger partial charge is 0.330 e. The Balaban J connectivity index is 1.48. The third-order valence-corrected chi connectivity index (χ3v) is 5.20. The van der Waals surface area contributed by atoms with E-state index in [1.165, 1.54) is 51.3 Å². The molecule has 0 amide bonds. The van der Waals surface area contributed by atoms with Crippen LogP contribution in [0.15, 0.2) is 30.3 Å². The molecule has 0 saturated carbocycles. The fraction of sp³-hybridized carbons (Fsp3) is 0.550. The summed E-state index contributed by atoms with van der Waals surface area (Å²) < 4.78 is 10.6. The molecule has 0 bridgehead atoms. The van der Waals surface area contributed by atoms with Gasteiger partial charge in [0.1, 0.15) is 5.75 Å². The van der Waals surface area contributed by atoms with Crippen molar-refractivity contribution in [3.8, 4) is 5.75 Å². The van der Waals surface area contributed by atoms with Crippen LogP contribution in [0.1, 0.15) is 37.7 Å². The van der Waals surface area contributed by atoms with Crippen molar-refractivity contribution >= 4 is 12.0 Å². The Morgan fingerprint density at radius 1 is 1.17 bits per heavy atom. The number of benzene rings is 1. The highest BCUT2D eigenvalue weighted by Crippen LogP contribution is 2.31. The second-order valence-corrected chi connectivity index (χ2v) is 6.74. The molecule has 2 heterocycles. The molecule has 0 spiro atoms. The van der Waals surface area contributed by atoms with Gasteiger partial charge in [-0.25, -0.2) is 4.79 Å². The summed E-state index contributed by atoms with van der Waals surface area (Å²) in [6, 6.07) is 8.22. The van der Waals surface area contributed by atoms with Crippen LogP contribution < -0.4 is 4.74 Å². The van der Waals surface area contributed by atoms with Gasteiger partial charge in [-0.2, -0.15) is 0 Å². The molecule has 2 aliphatic rings. The second-order valence-electron chi connectivity index (χ2n) is 6.74. The minimum absolute atomic E-state index is 0.251. The topological polar surface area (TPSA) is 38.8 Å². The minimum Gasteiger partial charge on any atom is -0.497 e. The maximum absolute atomic E-state index is 12.0. The molecule has 1 aromatic carbocycles. The highest BCUT2D eigenvalue weighted by atomic mass is 16.5. The van der Waals surface area contributed by atoms with E-state index in [0.29, 0.717) is 18.6 Å². The highest BCUT2D eigenvalue weighted by Gasteiger charge is 2.33. The van der Waals surface area contributed by atoms with Gasteiger partial charge in [-0.15, -0.1) is 0 Å². The molecule has 2 aliphatic heterocycles. The van der Waals surface area contributed by atoms with Crippen LogP contribution in [0.4, 0.5) is 0 Å². The van der Waals surface area contributed by atoms with E-state index in [1.54, 1.807) is 13.2 Å². The van der Waals surface area contributed by atoms with Crippen LogP contribution in [-0.4, -0.2) is 43.7 Å². The average molecular weight is 329 g/mol. The first-order chi connectivity index (χ1) is 11.8. The van der Waals surface area contributed by atoms with Crippen molar-refractivity contribution in [1.29, 1.82) is 0 Å². The Kier molecular flexibility index (Phi) is 5.91. The van der Waals surface area contributed by atoms with E-state index in [1.807, 2.05) is 24.3 Å². The van der Waals surface area contributed by atoms with Gasteiger partial charge in [0.2, 0.25) is 0 Å². The van der Waals surface area contributed by atoms with Crippen molar-refractivity contribution in [2.24, 2.45) is 5.92 Å². The van der Waals surface area contributed by atoms with E-state index in [4.69, 9.17) is 9.47 Å². The number of piperidine rings is 2. The number of carbonyl (C=O) groups is 1. The van der Waals surface area contributed by atoms with Crippen molar-refractivity contribution in [1.82, 2.24) is 4.90 Å². The van der Waals surface area contributed by atoms with Crippen LogP contribution >= 0.6 is 0 Å². The molecule has 4 nitrogen and oxygen atoms in total. The summed E-state index contributed by atoms with van der Waals surface area (Å²) in [5, 5.41) is 0. The van der Waals surface area contributed by atoms with Crippen LogP contribution in [0.3, 0.4) is 0 Å². The van der Waals surface area contributed by atoms with Gasteiger partial charge < -0.3 is 9.47 Å². The normalized spacial score (nSPS) is 24.5. The Labute approximate surface area is 144 Å². The third kappa shape index (κ3) is 4.38. The van der Waals surface area contributed by atoms with Crippen LogP contribution in [-0.2, 0) is 9.53 Å². The molecule has 130 valence electrons. The summed E-state index contributed by atoms with van der Waals surface area (Å²) in [4.78, 5) is 14.6. The molecule has 2 saturated heterocycles. The minimum atomic E-state index is -0.251. The lowest BCUT2D eigenvalue weighted by Crippen LogP contribution is -2.49. The quantitative estimate of drug-likeness (QED) is 0.612. The number of rotatable bonds is 5. The fourth-order valence-electron chi connectivity index (χ4n) is 3.89. The Morgan fingerprint density at radius 2 is 1.96 bits per heavy atom. The summed E-state index contributed by atoms with van der Waals surface area (Å²) in [6.45, 7) is 2.98. The largest absolute Gasteiger partial charge is 0.497 e. The van der Waals surface area contributed by atoms with Gasteiger partial charge >= 0.3 is 5.97 Å². The number of esters is 1. The molecule has 4 heteroatoms. The SMILES string of the molecule is COc1ccc(C=CC(=O)OC[C@H]2CCCN3CCCC[C@H]23)cc1. The lowest BCUT2D eigenvalue weighted by Gasteiger charge is -2.44. The summed E-state index contributed by atoms with van der Waals surface area (Å²) in [5.74, 6) is 1.06. The zero-order chi connectivity index (χ0) is 16.8. The third-order valence-electron chi connectivity index (χ3n) is 5.20.